The number of piperidine rings is 1. The van der Waals surface area contributed by atoms with Crippen molar-refractivity contribution in [3.63, 3.8) is 0 Å². The third-order valence-corrected chi connectivity index (χ3v) is 5.81. The minimum Gasteiger partial charge on any atom is -0.363 e. The molecule has 1 aliphatic heterocycles. The molecular weight excluding hydrogens is 318 g/mol. The standard InChI is InChI=1S/C18H33N5S/c1-5-22(6-2)15(3)14-20-18(19-4)21-16-9-11-23(12-10-16)17-8-7-13-24-17/h7-8,13,15-16H,5-6,9-12,14H2,1-4H3,(H2,19,20,21). The molecule has 1 aliphatic rings. The van der Waals surface area contributed by atoms with Gasteiger partial charge in [-0.3, -0.25) is 9.89 Å². The monoisotopic (exact) mass is 351 g/mol. The van der Waals surface area contributed by atoms with Crippen molar-refractivity contribution in [1.82, 2.24) is 15.5 Å². The summed E-state index contributed by atoms with van der Waals surface area (Å²) in [6.45, 7) is 12.0. The molecule has 6 heteroatoms. The van der Waals surface area contributed by atoms with E-state index in [1.807, 2.05) is 18.4 Å². The molecule has 0 aromatic carbocycles. The third-order valence-electron chi connectivity index (χ3n) is 4.88. The van der Waals surface area contributed by atoms with Crippen LogP contribution in [0.5, 0.6) is 0 Å². The quantitative estimate of drug-likeness (QED) is 0.585. The molecule has 2 rings (SSSR count). The van der Waals surface area contributed by atoms with Crippen LogP contribution in [0.1, 0.15) is 33.6 Å². The topological polar surface area (TPSA) is 42.9 Å². The van der Waals surface area contributed by atoms with E-state index in [2.05, 4.69) is 63.7 Å². The molecule has 2 heterocycles. The molecule has 5 nitrogen and oxygen atoms in total. The van der Waals surface area contributed by atoms with Crippen molar-refractivity contribution >= 4 is 22.3 Å². The molecule has 1 atom stereocenters. The van der Waals surface area contributed by atoms with Gasteiger partial charge in [-0.15, -0.1) is 11.3 Å². The Hall–Kier alpha value is -1.27. The molecule has 0 amide bonds. The third kappa shape index (κ3) is 5.38. The molecule has 0 saturated carbocycles. The molecule has 1 aromatic rings. The van der Waals surface area contributed by atoms with Crippen LogP contribution in [-0.4, -0.2) is 62.7 Å². The van der Waals surface area contributed by atoms with Crippen molar-refractivity contribution in [2.45, 2.75) is 45.7 Å². The molecule has 1 saturated heterocycles. The van der Waals surface area contributed by atoms with Crippen LogP contribution in [0.3, 0.4) is 0 Å². The maximum absolute atomic E-state index is 4.40. The summed E-state index contributed by atoms with van der Waals surface area (Å²) in [7, 11) is 1.86. The highest BCUT2D eigenvalue weighted by molar-refractivity contribution is 7.14. The molecule has 0 radical (unpaired) electrons. The van der Waals surface area contributed by atoms with E-state index < -0.39 is 0 Å². The fourth-order valence-corrected chi connectivity index (χ4v) is 4.09. The summed E-state index contributed by atoms with van der Waals surface area (Å²) in [4.78, 5) is 9.34. The van der Waals surface area contributed by atoms with Crippen molar-refractivity contribution < 1.29 is 0 Å². The molecule has 0 spiro atoms. The molecule has 2 N–H and O–H groups in total. The molecule has 0 aliphatic carbocycles. The van der Waals surface area contributed by atoms with Gasteiger partial charge in [0.15, 0.2) is 5.96 Å². The Balaban J connectivity index is 1.74. The first-order valence-electron chi connectivity index (χ1n) is 9.17. The number of aliphatic imine (C=N–C) groups is 1. The number of nitrogens with one attached hydrogen (secondary N) is 2. The summed E-state index contributed by atoms with van der Waals surface area (Å²) in [5.74, 6) is 0.934. The fourth-order valence-electron chi connectivity index (χ4n) is 3.30. The zero-order valence-corrected chi connectivity index (χ0v) is 16.4. The number of rotatable bonds is 7. The molecule has 136 valence electrons. The Morgan fingerprint density at radius 1 is 1.38 bits per heavy atom. The lowest BCUT2D eigenvalue weighted by Gasteiger charge is -2.34. The van der Waals surface area contributed by atoms with E-state index in [0.717, 1.165) is 51.5 Å². The average Bonchev–Trinajstić information content (AvgIpc) is 3.14. The minimum absolute atomic E-state index is 0.510. The van der Waals surface area contributed by atoms with Gasteiger partial charge >= 0.3 is 0 Å². The second-order valence-corrected chi connectivity index (χ2v) is 7.31. The largest absolute Gasteiger partial charge is 0.363 e. The normalized spacial score (nSPS) is 18.0. The fraction of sp³-hybridized carbons (Fsp3) is 0.722. The van der Waals surface area contributed by atoms with Crippen molar-refractivity contribution in [2.75, 3.05) is 44.7 Å². The van der Waals surface area contributed by atoms with E-state index in [0.29, 0.717) is 12.1 Å². The zero-order valence-electron chi connectivity index (χ0n) is 15.6. The van der Waals surface area contributed by atoms with Crippen molar-refractivity contribution in [3.8, 4) is 0 Å². The SMILES string of the molecule is CCN(CC)C(C)CNC(=NC)NC1CCN(c2cccs2)CC1. The van der Waals surface area contributed by atoms with E-state index in [9.17, 15) is 0 Å². The van der Waals surface area contributed by atoms with E-state index >= 15 is 0 Å². The number of guanidine groups is 1. The summed E-state index contributed by atoms with van der Waals surface area (Å²) in [5.41, 5.74) is 0. The van der Waals surface area contributed by atoms with Crippen LogP contribution in [0.15, 0.2) is 22.5 Å². The lowest BCUT2D eigenvalue weighted by Crippen LogP contribution is -2.51. The maximum Gasteiger partial charge on any atom is 0.191 e. The molecule has 1 unspecified atom stereocenters. The Labute approximate surface area is 151 Å². The summed E-state index contributed by atoms with van der Waals surface area (Å²) < 4.78 is 0. The predicted molar refractivity (Wildman–Crippen MR) is 106 cm³/mol. The van der Waals surface area contributed by atoms with E-state index in [4.69, 9.17) is 0 Å². The number of likely N-dealkylation sites (N-methyl/N-ethyl adjacent to an activating group) is 1. The van der Waals surface area contributed by atoms with Gasteiger partial charge in [-0.25, -0.2) is 0 Å². The van der Waals surface area contributed by atoms with Gasteiger partial charge in [-0.1, -0.05) is 13.8 Å². The van der Waals surface area contributed by atoms with E-state index in [1.165, 1.54) is 5.00 Å². The van der Waals surface area contributed by atoms with Gasteiger partial charge in [0, 0.05) is 38.8 Å². The van der Waals surface area contributed by atoms with Crippen molar-refractivity contribution in [3.05, 3.63) is 17.5 Å². The molecule has 1 aromatic heterocycles. The molecular formula is C18H33N5S. The lowest BCUT2D eigenvalue weighted by molar-refractivity contribution is 0.231. The number of hydrogen-bond donors (Lipinski definition) is 2. The summed E-state index contributed by atoms with van der Waals surface area (Å²) in [5, 5.41) is 10.6. The molecule has 24 heavy (non-hydrogen) atoms. The van der Waals surface area contributed by atoms with Crippen LogP contribution in [0.4, 0.5) is 5.00 Å². The first-order valence-corrected chi connectivity index (χ1v) is 10.1. The van der Waals surface area contributed by atoms with Crippen molar-refractivity contribution in [2.24, 2.45) is 4.99 Å². The highest BCUT2D eigenvalue weighted by Gasteiger charge is 2.21. The number of thiophene rings is 1. The van der Waals surface area contributed by atoms with Crippen LogP contribution >= 0.6 is 11.3 Å². The van der Waals surface area contributed by atoms with Crippen LogP contribution in [0, 0.1) is 0 Å². The highest BCUT2D eigenvalue weighted by Crippen LogP contribution is 2.24. The van der Waals surface area contributed by atoms with Gasteiger partial charge in [0.25, 0.3) is 0 Å². The minimum atomic E-state index is 0.510. The zero-order chi connectivity index (χ0) is 17.4. The van der Waals surface area contributed by atoms with Crippen LogP contribution in [0.25, 0.3) is 0 Å². The smallest absolute Gasteiger partial charge is 0.191 e. The Morgan fingerprint density at radius 2 is 2.08 bits per heavy atom. The predicted octanol–water partition coefficient (Wildman–Crippen LogP) is 2.61. The number of anilines is 1. The second kappa shape index (κ2) is 9.89. The van der Waals surface area contributed by atoms with Crippen LogP contribution in [-0.2, 0) is 0 Å². The summed E-state index contributed by atoms with van der Waals surface area (Å²) in [6.07, 6.45) is 2.31. The lowest BCUT2D eigenvalue weighted by atomic mass is 10.1. The van der Waals surface area contributed by atoms with E-state index in [-0.39, 0.29) is 0 Å². The van der Waals surface area contributed by atoms with Gasteiger partial charge in [-0.05, 0) is 50.4 Å². The Morgan fingerprint density at radius 3 is 2.62 bits per heavy atom. The first kappa shape index (κ1) is 19.1. The Kier molecular flexibility index (Phi) is 7.85. The van der Waals surface area contributed by atoms with Gasteiger partial charge in [0.1, 0.15) is 0 Å². The second-order valence-electron chi connectivity index (χ2n) is 6.38. The maximum atomic E-state index is 4.40. The summed E-state index contributed by atoms with van der Waals surface area (Å²) in [6, 6.07) is 5.37. The average molecular weight is 352 g/mol. The number of hydrogen-bond acceptors (Lipinski definition) is 4. The van der Waals surface area contributed by atoms with Gasteiger partial charge in [-0.2, -0.15) is 0 Å². The molecule has 0 bridgehead atoms. The Bertz CT molecular complexity index is 476. The summed E-state index contributed by atoms with van der Waals surface area (Å²) >= 11 is 1.83. The molecule has 1 fully saturated rings. The van der Waals surface area contributed by atoms with Gasteiger partial charge in [0.2, 0.25) is 0 Å². The van der Waals surface area contributed by atoms with Crippen LogP contribution in [0.2, 0.25) is 0 Å². The highest BCUT2D eigenvalue weighted by atomic mass is 32.1. The number of nitrogens with zero attached hydrogens (tertiary/aromatic N) is 3. The van der Waals surface area contributed by atoms with Gasteiger partial charge in [0.05, 0.1) is 5.00 Å². The van der Waals surface area contributed by atoms with Gasteiger partial charge < -0.3 is 15.5 Å². The van der Waals surface area contributed by atoms with Crippen LogP contribution < -0.4 is 15.5 Å². The van der Waals surface area contributed by atoms with E-state index in [1.54, 1.807) is 0 Å². The first-order chi connectivity index (χ1) is 11.7. The van der Waals surface area contributed by atoms with Crippen molar-refractivity contribution in [1.29, 1.82) is 0 Å².